The minimum atomic E-state index is -0.489. The number of nitro groups is 1. The van der Waals surface area contributed by atoms with Gasteiger partial charge < -0.3 is 9.90 Å². The predicted molar refractivity (Wildman–Crippen MR) is 108 cm³/mol. The molecule has 0 aliphatic heterocycles. The van der Waals surface area contributed by atoms with Crippen LogP contribution in [0.1, 0.15) is 27.0 Å². The lowest BCUT2D eigenvalue weighted by Gasteiger charge is -2.00. The van der Waals surface area contributed by atoms with Crippen LogP contribution in [0.4, 0.5) is 5.69 Å². The molecule has 0 aliphatic rings. The van der Waals surface area contributed by atoms with Crippen LogP contribution in [0.15, 0.2) is 72.8 Å². The minimum Gasteiger partial charge on any atom is -0.508 e. The highest BCUT2D eigenvalue weighted by molar-refractivity contribution is 6.09. The average molecular weight is 379 g/mol. The van der Waals surface area contributed by atoms with Gasteiger partial charge in [0.25, 0.3) is 5.69 Å². The van der Waals surface area contributed by atoms with E-state index in [2.05, 4.69) is 0 Å². The number of phenols is 1. The maximum absolute atomic E-state index is 12.0. The monoisotopic (exact) mass is 379 g/mol. The first-order chi connectivity index (χ1) is 13.4. The Kier molecular flexibility index (Phi) is 8.76. The van der Waals surface area contributed by atoms with Crippen molar-refractivity contribution in [1.29, 1.82) is 0 Å². The maximum Gasteiger partial charge on any atom is 0.269 e. The number of aryl methyl sites for hydroxylation is 2. The number of rotatable bonds is 3. The molecule has 3 rings (SSSR count). The van der Waals surface area contributed by atoms with Crippen LogP contribution in [0.3, 0.4) is 0 Å². The molecule has 144 valence electrons. The SMILES string of the molecule is C=O.Cc1ccc(O)c(C)c1.O=C(c1ccccc1)c1ccc([N+](=O)[O-])cc1. The van der Waals surface area contributed by atoms with Crippen molar-refractivity contribution < 1.29 is 19.6 Å². The smallest absolute Gasteiger partial charge is 0.269 e. The highest BCUT2D eigenvalue weighted by Gasteiger charge is 2.10. The lowest BCUT2D eigenvalue weighted by Crippen LogP contribution is -2.00. The summed E-state index contributed by atoms with van der Waals surface area (Å²) in [5, 5.41) is 19.5. The number of aromatic hydroxyl groups is 1. The van der Waals surface area contributed by atoms with E-state index in [-0.39, 0.29) is 11.5 Å². The summed E-state index contributed by atoms with van der Waals surface area (Å²) in [5.74, 6) is 0.237. The molecule has 0 atom stereocenters. The fourth-order valence-corrected chi connectivity index (χ4v) is 2.30. The van der Waals surface area contributed by atoms with Gasteiger partial charge in [-0.2, -0.15) is 0 Å². The fraction of sp³-hybridized carbons (Fsp3) is 0.0909. The van der Waals surface area contributed by atoms with E-state index in [0.29, 0.717) is 16.9 Å². The van der Waals surface area contributed by atoms with Crippen LogP contribution >= 0.6 is 0 Å². The van der Waals surface area contributed by atoms with Crippen molar-refractivity contribution in [2.75, 3.05) is 0 Å². The topological polar surface area (TPSA) is 97.5 Å². The second kappa shape index (κ2) is 11.0. The number of ketones is 1. The summed E-state index contributed by atoms with van der Waals surface area (Å²) >= 11 is 0. The molecule has 0 fully saturated rings. The molecule has 0 aromatic heterocycles. The minimum absolute atomic E-state index is 0.0189. The summed E-state index contributed by atoms with van der Waals surface area (Å²) in [5.41, 5.74) is 3.12. The van der Waals surface area contributed by atoms with E-state index >= 15 is 0 Å². The Hall–Kier alpha value is -3.80. The third kappa shape index (κ3) is 6.49. The molecule has 0 spiro atoms. The van der Waals surface area contributed by atoms with Crippen LogP contribution in [0, 0.1) is 24.0 Å². The molecule has 28 heavy (non-hydrogen) atoms. The van der Waals surface area contributed by atoms with E-state index in [1.807, 2.05) is 38.8 Å². The average Bonchev–Trinajstić information content (AvgIpc) is 2.73. The van der Waals surface area contributed by atoms with Gasteiger partial charge in [0.2, 0.25) is 0 Å². The normalized spacial score (nSPS) is 9.21. The van der Waals surface area contributed by atoms with Gasteiger partial charge in [-0.1, -0.05) is 48.0 Å². The van der Waals surface area contributed by atoms with Crippen LogP contribution in [-0.4, -0.2) is 22.6 Å². The number of nitrogens with zero attached hydrogens (tertiary/aromatic N) is 1. The molecule has 1 N–H and O–H groups in total. The van der Waals surface area contributed by atoms with Crippen LogP contribution in [-0.2, 0) is 4.79 Å². The van der Waals surface area contributed by atoms with Gasteiger partial charge in [-0.15, -0.1) is 0 Å². The Labute approximate surface area is 163 Å². The van der Waals surface area contributed by atoms with Crippen LogP contribution < -0.4 is 0 Å². The maximum atomic E-state index is 12.0. The molecule has 6 heteroatoms. The summed E-state index contributed by atoms with van der Waals surface area (Å²) in [7, 11) is 0. The number of carbonyl (C=O) groups excluding carboxylic acids is 2. The number of hydrogen-bond donors (Lipinski definition) is 1. The first-order valence-electron chi connectivity index (χ1n) is 8.28. The number of hydrogen-bond acceptors (Lipinski definition) is 5. The van der Waals surface area contributed by atoms with E-state index in [9.17, 15) is 14.9 Å². The van der Waals surface area contributed by atoms with Crippen molar-refractivity contribution in [3.05, 3.63) is 105 Å². The number of nitro benzene ring substituents is 1. The van der Waals surface area contributed by atoms with E-state index in [1.165, 1.54) is 29.8 Å². The van der Waals surface area contributed by atoms with Crippen LogP contribution in [0.2, 0.25) is 0 Å². The lowest BCUT2D eigenvalue weighted by molar-refractivity contribution is -0.384. The zero-order valence-electron chi connectivity index (χ0n) is 15.7. The molecule has 0 saturated carbocycles. The van der Waals surface area contributed by atoms with Gasteiger partial charge in [0.1, 0.15) is 12.5 Å². The van der Waals surface area contributed by atoms with Gasteiger partial charge in [-0.3, -0.25) is 14.9 Å². The second-order valence-electron chi connectivity index (χ2n) is 5.79. The van der Waals surface area contributed by atoms with E-state index in [1.54, 1.807) is 30.3 Å². The fourth-order valence-electron chi connectivity index (χ4n) is 2.30. The van der Waals surface area contributed by atoms with Crippen LogP contribution in [0.5, 0.6) is 5.75 Å². The first-order valence-corrected chi connectivity index (χ1v) is 8.28. The summed E-state index contributed by atoms with van der Waals surface area (Å²) in [6.45, 7) is 5.90. The van der Waals surface area contributed by atoms with Gasteiger partial charge in [-0.05, 0) is 37.6 Å². The molecule has 0 unspecified atom stereocenters. The molecule has 0 bridgehead atoms. The predicted octanol–water partition coefficient (Wildman–Crippen LogP) is 4.65. The number of phenolic OH excluding ortho intramolecular Hbond substituents is 1. The first kappa shape index (κ1) is 22.2. The largest absolute Gasteiger partial charge is 0.508 e. The van der Waals surface area contributed by atoms with Crippen molar-refractivity contribution >= 4 is 18.3 Å². The van der Waals surface area contributed by atoms with Crippen molar-refractivity contribution in [3.8, 4) is 5.75 Å². The Morgan fingerprint density at radius 1 is 0.893 bits per heavy atom. The highest BCUT2D eigenvalue weighted by atomic mass is 16.6. The quantitative estimate of drug-likeness (QED) is 0.406. The molecule has 0 aliphatic carbocycles. The summed E-state index contributed by atoms with van der Waals surface area (Å²) in [6, 6.07) is 20.0. The van der Waals surface area contributed by atoms with Gasteiger partial charge in [0.05, 0.1) is 4.92 Å². The molecule has 0 heterocycles. The van der Waals surface area contributed by atoms with Crippen molar-refractivity contribution in [1.82, 2.24) is 0 Å². The Balaban J connectivity index is 0.000000301. The van der Waals surface area contributed by atoms with E-state index in [4.69, 9.17) is 9.90 Å². The number of non-ortho nitro benzene ring substituents is 1. The molecule has 0 amide bonds. The van der Waals surface area contributed by atoms with Crippen molar-refractivity contribution in [2.45, 2.75) is 13.8 Å². The van der Waals surface area contributed by atoms with E-state index in [0.717, 1.165) is 5.56 Å². The molecule has 0 radical (unpaired) electrons. The second-order valence-corrected chi connectivity index (χ2v) is 5.79. The highest BCUT2D eigenvalue weighted by Crippen LogP contribution is 2.16. The van der Waals surface area contributed by atoms with E-state index < -0.39 is 4.92 Å². The number of carbonyl (C=O) groups is 2. The molecular weight excluding hydrogens is 358 g/mol. The number of benzene rings is 3. The zero-order chi connectivity index (χ0) is 21.1. The molecule has 3 aromatic rings. The van der Waals surface area contributed by atoms with Gasteiger partial charge in [0, 0.05) is 23.3 Å². The lowest BCUT2D eigenvalue weighted by atomic mass is 10.0. The third-order valence-electron chi connectivity index (χ3n) is 3.73. The van der Waals surface area contributed by atoms with Crippen LogP contribution in [0.25, 0.3) is 0 Å². The molecule has 6 nitrogen and oxygen atoms in total. The van der Waals surface area contributed by atoms with Gasteiger partial charge >= 0.3 is 0 Å². The van der Waals surface area contributed by atoms with Gasteiger partial charge in [0.15, 0.2) is 5.78 Å². The van der Waals surface area contributed by atoms with Crippen molar-refractivity contribution in [2.24, 2.45) is 0 Å². The van der Waals surface area contributed by atoms with Gasteiger partial charge in [-0.25, -0.2) is 0 Å². The summed E-state index contributed by atoms with van der Waals surface area (Å²) in [4.78, 5) is 29.9. The Morgan fingerprint density at radius 3 is 1.89 bits per heavy atom. The summed E-state index contributed by atoms with van der Waals surface area (Å²) in [6.07, 6.45) is 0. The summed E-state index contributed by atoms with van der Waals surface area (Å²) < 4.78 is 0. The van der Waals surface area contributed by atoms with Crippen molar-refractivity contribution in [3.63, 3.8) is 0 Å². The molecular formula is C22H21NO5. The zero-order valence-corrected chi connectivity index (χ0v) is 15.7. The standard InChI is InChI=1S/C13H9NO3.C8H10O.CH2O/c15-13(10-4-2-1-3-5-10)11-6-8-12(9-7-11)14(16)17;1-6-3-4-8(9)7(2)5-6;1-2/h1-9H;3-5,9H,1-2H3;1H2. The molecule has 3 aromatic carbocycles. The third-order valence-corrected chi connectivity index (χ3v) is 3.73. The molecule has 0 saturated heterocycles. The Bertz CT molecular complexity index is 921. The Morgan fingerprint density at radius 2 is 1.43 bits per heavy atom.